The average Bonchev–Trinajstić information content (AvgIpc) is 2.56. The molecule has 1 radical (unpaired) electrons. The van der Waals surface area contributed by atoms with Crippen LogP contribution in [0.5, 0.6) is 0 Å². The summed E-state index contributed by atoms with van der Waals surface area (Å²) < 4.78 is 82.1. The molecule has 14 heteroatoms. The van der Waals surface area contributed by atoms with Crippen LogP contribution in [0.25, 0.3) is 0 Å². The van der Waals surface area contributed by atoms with Gasteiger partial charge in [0.1, 0.15) is 0 Å². The van der Waals surface area contributed by atoms with Gasteiger partial charge < -0.3 is 9.47 Å². The maximum atomic E-state index is 10.8. The van der Waals surface area contributed by atoms with Gasteiger partial charge in [-0.15, -0.1) is 6.42 Å². The molecule has 1 N–H and O–H groups in total. The number of hydrogen-bond donors (Lipinski definition) is 1. The van der Waals surface area contributed by atoms with Crippen molar-refractivity contribution in [1.82, 2.24) is 0 Å². The van der Waals surface area contributed by atoms with Gasteiger partial charge in [0.05, 0.1) is 0 Å². The van der Waals surface area contributed by atoms with E-state index >= 15 is 0 Å². The molecule has 0 unspecified atom stereocenters. The second kappa shape index (κ2) is 20.1. The molecule has 0 aromatic carbocycles. The maximum Gasteiger partial charge on any atom is 1.00 e. The van der Waals surface area contributed by atoms with Crippen LogP contribution in [0.15, 0.2) is 0 Å². The number of carbonyl (C=O) groups is 2. The third kappa shape index (κ3) is 22.7. The van der Waals surface area contributed by atoms with Crippen LogP contribution in [-0.2, 0) is 58.0 Å². The van der Waals surface area contributed by atoms with E-state index in [4.69, 9.17) is 31.7 Å². The van der Waals surface area contributed by atoms with Crippen LogP contribution in [0.1, 0.15) is 40.0 Å². The normalized spacial score (nSPS) is 9.38. The van der Waals surface area contributed by atoms with E-state index in [0.717, 1.165) is 0 Å². The Kier molecular flexibility index (Phi) is 27.6. The molecule has 0 spiro atoms. The van der Waals surface area contributed by atoms with Gasteiger partial charge in [-0.05, 0) is 0 Å². The van der Waals surface area contributed by atoms with Gasteiger partial charge in [0.2, 0.25) is 0 Å². The third-order valence-corrected chi connectivity index (χ3v) is 2.20. The molecule has 0 saturated carbocycles. The third-order valence-electron chi connectivity index (χ3n) is 1.61. The molecule has 153 valence electrons. The predicted octanol–water partition coefficient (Wildman–Crippen LogP) is 2.11. The number of halogens is 3. The van der Waals surface area contributed by atoms with Crippen LogP contribution < -0.4 is 0 Å². The molecule has 0 bridgehead atoms. The molecule has 0 aromatic heterocycles. The molecular formula is C12H16F3O9RuS. The molecular weight excluding hydrogens is 478 g/mol. The van der Waals surface area contributed by atoms with Crippen molar-refractivity contribution in [1.29, 1.82) is 0 Å². The van der Waals surface area contributed by atoms with Crippen molar-refractivity contribution in [3.8, 4) is 0 Å². The summed E-state index contributed by atoms with van der Waals surface area (Å²) in [5, 5.41) is 0. The van der Waals surface area contributed by atoms with Crippen LogP contribution >= 0.6 is 0 Å². The Morgan fingerprint density at radius 3 is 1.35 bits per heavy atom. The minimum atomic E-state index is -5.84. The first-order chi connectivity index (χ1) is 11.4. The molecule has 0 saturated heterocycles. The number of rotatable bonds is 5. The number of carbonyl (C=O) groups excluding carboxylic acids is 2. The summed E-state index contributed by atoms with van der Waals surface area (Å²) in [6.07, 6.45) is 1.02. The van der Waals surface area contributed by atoms with E-state index in [1.807, 2.05) is 0 Å². The van der Waals surface area contributed by atoms with E-state index in [9.17, 15) is 22.8 Å². The quantitative estimate of drug-likeness (QED) is 0.154. The van der Waals surface area contributed by atoms with E-state index in [1.54, 1.807) is 20.8 Å². The summed E-state index contributed by atoms with van der Waals surface area (Å²) in [7, 11) is -5.84. The minimum Gasteiger partial charge on any atom is 1.00 e. The van der Waals surface area contributed by atoms with E-state index in [2.05, 4.69) is 13.3 Å². The molecule has 0 aliphatic rings. The zero-order valence-corrected chi connectivity index (χ0v) is 16.3. The van der Waals surface area contributed by atoms with Gasteiger partial charge in [-0.1, -0.05) is 20.8 Å². The second-order valence-electron chi connectivity index (χ2n) is 3.30. The molecule has 0 heterocycles. The molecule has 0 fully saturated rings. The Bertz CT molecular complexity index is 491. The zero-order chi connectivity index (χ0) is 21.3. The minimum absolute atomic E-state index is 0. The monoisotopic (exact) mass is 495 g/mol. The van der Waals surface area contributed by atoms with Crippen molar-refractivity contribution < 1.29 is 74.0 Å². The molecule has 0 aliphatic carbocycles. The van der Waals surface area contributed by atoms with E-state index < -0.39 is 15.6 Å². The SMILES string of the molecule is CCC(=O)O[C-](CC)OC(=O)CC.O=S(=O)(O)C(F)(F)F.[C-]#[O+].[C-]#[O+].[Ru+]. The molecule has 9 nitrogen and oxygen atoms in total. The molecule has 0 aliphatic heterocycles. The first kappa shape index (κ1) is 35.8. The van der Waals surface area contributed by atoms with Crippen LogP contribution in [0.3, 0.4) is 0 Å². The number of alkyl halides is 3. The van der Waals surface area contributed by atoms with E-state index in [-0.39, 0.29) is 50.5 Å². The van der Waals surface area contributed by atoms with Crippen LogP contribution in [0, 0.1) is 19.6 Å². The molecule has 0 rings (SSSR count). The Hall–Kier alpha value is -1.26. The van der Waals surface area contributed by atoms with Crippen molar-refractivity contribution in [2.24, 2.45) is 0 Å². The average molecular weight is 494 g/mol. The summed E-state index contributed by atoms with van der Waals surface area (Å²) >= 11 is 0. The molecule has 0 aromatic rings. The second-order valence-corrected chi connectivity index (χ2v) is 4.71. The topological polar surface area (TPSA) is 147 Å². The Morgan fingerprint density at radius 2 is 1.23 bits per heavy atom. The van der Waals surface area contributed by atoms with Crippen LogP contribution in [-0.4, -0.2) is 30.4 Å². The largest absolute Gasteiger partial charge is 1.00 e. The summed E-state index contributed by atoms with van der Waals surface area (Å²) in [4.78, 5) is 21.6. The summed E-state index contributed by atoms with van der Waals surface area (Å²) in [5.41, 5.74) is -5.53. The van der Waals surface area contributed by atoms with Crippen LogP contribution in [0.2, 0.25) is 0 Å². The van der Waals surface area contributed by atoms with Gasteiger partial charge in [-0.3, -0.25) is 14.1 Å². The smallest absolute Gasteiger partial charge is 1.00 e. The summed E-state index contributed by atoms with van der Waals surface area (Å²) in [6, 6.07) is 0. The van der Waals surface area contributed by atoms with Crippen molar-refractivity contribution >= 4 is 22.1 Å². The van der Waals surface area contributed by atoms with Gasteiger partial charge in [-0.2, -0.15) is 21.6 Å². The van der Waals surface area contributed by atoms with Gasteiger partial charge in [0, 0.05) is 19.1 Å². The van der Waals surface area contributed by atoms with Gasteiger partial charge in [0.25, 0.3) is 11.9 Å². The fourth-order valence-corrected chi connectivity index (χ4v) is 0.563. The van der Waals surface area contributed by atoms with Gasteiger partial charge in [0.15, 0.2) is 0 Å². The first-order valence-electron chi connectivity index (χ1n) is 6.10. The molecule has 26 heavy (non-hydrogen) atoms. The Morgan fingerprint density at radius 1 is 1.00 bits per heavy atom. The number of hydrogen-bond acceptors (Lipinski definition) is 6. The van der Waals surface area contributed by atoms with E-state index in [0.29, 0.717) is 6.42 Å². The fraction of sp³-hybridized carbons (Fsp3) is 0.583. The first-order valence-corrected chi connectivity index (χ1v) is 7.54. The summed E-state index contributed by atoms with van der Waals surface area (Å²) in [5.74, 6) is -0.776. The zero-order valence-electron chi connectivity index (χ0n) is 13.7. The van der Waals surface area contributed by atoms with Crippen LogP contribution in [0.4, 0.5) is 13.2 Å². The maximum absolute atomic E-state index is 10.8. The Balaban J connectivity index is -0.0000000977. The summed E-state index contributed by atoms with van der Waals surface area (Å²) in [6.45, 7) is 14.1. The van der Waals surface area contributed by atoms with Crippen molar-refractivity contribution in [2.75, 3.05) is 0 Å². The van der Waals surface area contributed by atoms with Crippen molar-refractivity contribution in [2.45, 2.75) is 45.5 Å². The molecule has 0 atom stereocenters. The molecule has 0 amide bonds. The van der Waals surface area contributed by atoms with Gasteiger partial charge in [-0.25, -0.2) is 0 Å². The van der Waals surface area contributed by atoms with Gasteiger partial charge >= 0.3 is 57.7 Å². The van der Waals surface area contributed by atoms with Crippen molar-refractivity contribution in [3.63, 3.8) is 0 Å². The van der Waals surface area contributed by atoms with E-state index in [1.165, 1.54) is 0 Å². The van der Waals surface area contributed by atoms with Crippen molar-refractivity contribution in [3.05, 3.63) is 19.6 Å². The number of esters is 2. The number of ether oxygens (including phenoxy) is 2. The Labute approximate surface area is 161 Å². The fourth-order valence-electron chi connectivity index (χ4n) is 0.563. The predicted molar refractivity (Wildman–Crippen MR) is 71.8 cm³/mol. The standard InChI is InChI=1S/C9H15O4.CHF3O3S.2CO.Ru/c1-4-7(10)12-9(6-3)13-8(11)5-2;2-1(3,4)8(5,6)7;2*1-2;/h4-6H2,1-3H3;(H,5,6,7);;;/q-1;;;;+1.